The number of hydrogen-bond acceptors (Lipinski definition) is 6. The number of benzene rings is 1. The van der Waals surface area contributed by atoms with Gasteiger partial charge in [-0.05, 0) is 68.5 Å². The Morgan fingerprint density at radius 3 is 2.68 bits per heavy atom. The zero-order chi connectivity index (χ0) is 25.4. The highest BCUT2D eigenvalue weighted by atomic mass is 19.1. The average Bonchev–Trinajstić information content (AvgIpc) is 3.53. The van der Waals surface area contributed by atoms with Crippen LogP contribution in [-0.4, -0.2) is 80.2 Å². The third kappa shape index (κ3) is 5.01. The zero-order valence-electron chi connectivity index (χ0n) is 20.9. The van der Waals surface area contributed by atoms with Crippen LogP contribution in [0.15, 0.2) is 36.8 Å². The first-order chi connectivity index (χ1) is 18.1. The van der Waals surface area contributed by atoms with Gasteiger partial charge >= 0.3 is 0 Å². The SMILES string of the molecule is OCC(O)CN1CCC(c2cc3c(-c4cc5c(cc4F)ncn5CC4CCOCC4)ccnc3[nH]2)CC1. The second-order valence-corrected chi connectivity index (χ2v) is 10.5. The molecule has 2 aliphatic heterocycles. The molecule has 0 spiro atoms. The fraction of sp³-hybridized carbons (Fsp3) is 0.500. The molecule has 0 bridgehead atoms. The van der Waals surface area contributed by atoms with Gasteiger partial charge in [0.2, 0.25) is 0 Å². The van der Waals surface area contributed by atoms with Crippen LogP contribution in [0.2, 0.25) is 0 Å². The van der Waals surface area contributed by atoms with E-state index < -0.39 is 6.10 Å². The Bertz CT molecular complexity index is 1370. The van der Waals surface area contributed by atoms with Gasteiger partial charge < -0.3 is 29.4 Å². The van der Waals surface area contributed by atoms with Crippen LogP contribution in [0.25, 0.3) is 33.2 Å². The highest BCUT2D eigenvalue weighted by Gasteiger charge is 2.24. The molecule has 0 radical (unpaired) electrons. The number of aromatic nitrogens is 4. The van der Waals surface area contributed by atoms with E-state index in [4.69, 9.17) is 9.84 Å². The number of hydrogen-bond donors (Lipinski definition) is 3. The molecule has 2 fully saturated rings. The molecule has 0 aliphatic carbocycles. The minimum absolute atomic E-state index is 0.213. The molecule has 2 saturated heterocycles. The Morgan fingerprint density at radius 2 is 1.89 bits per heavy atom. The molecular weight excluding hydrogens is 473 g/mol. The smallest absolute Gasteiger partial charge is 0.138 e. The summed E-state index contributed by atoms with van der Waals surface area (Å²) in [6.45, 7) is 4.46. The van der Waals surface area contributed by atoms with Crippen molar-refractivity contribution < 1.29 is 19.3 Å². The van der Waals surface area contributed by atoms with Crippen LogP contribution in [0.5, 0.6) is 0 Å². The predicted octanol–water partition coefficient (Wildman–Crippen LogP) is 3.68. The summed E-state index contributed by atoms with van der Waals surface area (Å²) in [5.41, 5.74) is 4.89. The van der Waals surface area contributed by atoms with Crippen molar-refractivity contribution in [1.29, 1.82) is 0 Å². The lowest BCUT2D eigenvalue weighted by atomic mass is 9.93. The standard InChI is InChI=1S/C28H34FN5O3/c29-24-13-26-27(34(17-31-26)14-18-4-9-37-10-5-18)12-22(24)21-1-6-30-28-23(21)11-25(32-28)19-2-7-33(8-3-19)15-20(36)16-35/h1,6,11-13,17-20,35-36H,2-5,7-10,14-16H2,(H,30,32). The van der Waals surface area contributed by atoms with E-state index in [-0.39, 0.29) is 12.4 Å². The summed E-state index contributed by atoms with van der Waals surface area (Å²) in [6.07, 6.45) is 6.83. The number of nitrogens with zero attached hydrogens (tertiary/aromatic N) is 4. The molecule has 3 N–H and O–H groups in total. The fourth-order valence-corrected chi connectivity index (χ4v) is 5.92. The van der Waals surface area contributed by atoms with Gasteiger partial charge in [0, 0.05) is 61.1 Å². The molecular formula is C28H34FN5O3. The van der Waals surface area contributed by atoms with E-state index in [9.17, 15) is 5.11 Å². The van der Waals surface area contributed by atoms with Crippen LogP contribution in [0, 0.1) is 11.7 Å². The summed E-state index contributed by atoms with van der Waals surface area (Å²) in [5, 5.41) is 19.8. The Labute approximate surface area is 215 Å². The zero-order valence-corrected chi connectivity index (χ0v) is 20.9. The number of aliphatic hydroxyl groups excluding tert-OH is 2. The van der Waals surface area contributed by atoms with E-state index in [2.05, 4.69) is 30.5 Å². The first kappa shape index (κ1) is 24.5. The maximum absolute atomic E-state index is 15.4. The number of H-pyrrole nitrogens is 1. The Morgan fingerprint density at radius 1 is 1.08 bits per heavy atom. The van der Waals surface area contributed by atoms with Gasteiger partial charge in [0.1, 0.15) is 11.5 Å². The number of pyridine rings is 1. The van der Waals surface area contributed by atoms with Crippen molar-refractivity contribution >= 4 is 22.1 Å². The molecule has 5 heterocycles. The third-order valence-electron chi connectivity index (χ3n) is 8.06. The van der Waals surface area contributed by atoms with E-state index in [1.54, 1.807) is 12.3 Å². The molecule has 4 aromatic rings. The number of ether oxygens (including phenoxy) is 1. The van der Waals surface area contributed by atoms with Gasteiger partial charge in [-0.3, -0.25) is 0 Å². The maximum atomic E-state index is 15.4. The first-order valence-corrected chi connectivity index (χ1v) is 13.3. The average molecular weight is 508 g/mol. The molecule has 6 rings (SSSR count). The minimum Gasteiger partial charge on any atom is -0.394 e. The van der Waals surface area contributed by atoms with E-state index in [0.29, 0.717) is 29.5 Å². The van der Waals surface area contributed by atoms with Gasteiger partial charge in [-0.25, -0.2) is 14.4 Å². The molecule has 9 heteroatoms. The van der Waals surface area contributed by atoms with Gasteiger partial charge in [0.15, 0.2) is 0 Å². The van der Waals surface area contributed by atoms with Gasteiger partial charge in [-0.2, -0.15) is 0 Å². The number of nitrogens with one attached hydrogen (secondary N) is 1. The molecule has 1 aromatic carbocycles. The topological polar surface area (TPSA) is 99.4 Å². The fourth-order valence-electron chi connectivity index (χ4n) is 5.92. The molecule has 2 aliphatic rings. The van der Waals surface area contributed by atoms with E-state index in [1.165, 1.54) is 0 Å². The van der Waals surface area contributed by atoms with Crippen molar-refractivity contribution in [3.05, 3.63) is 48.3 Å². The number of rotatable bonds is 7. The molecule has 0 saturated carbocycles. The molecule has 196 valence electrons. The highest BCUT2D eigenvalue weighted by Crippen LogP contribution is 2.36. The minimum atomic E-state index is -0.698. The van der Waals surface area contributed by atoms with Crippen molar-refractivity contribution in [2.75, 3.05) is 39.5 Å². The summed E-state index contributed by atoms with van der Waals surface area (Å²) in [4.78, 5) is 14.7. The summed E-state index contributed by atoms with van der Waals surface area (Å²) >= 11 is 0. The Balaban J connectivity index is 1.28. The van der Waals surface area contributed by atoms with Crippen LogP contribution < -0.4 is 0 Å². The van der Waals surface area contributed by atoms with Crippen LogP contribution >= 0.6 is 0 Å². The second kappa shape index (κ2) is 10.5. The van der Waals surface area contributed by atoms with Gasteiger partial charge in [-0.15, -0.1) is 0 Å². The maximum Gasteiger partial charge on any atom is 0.138 e. The molecule has 1 atom stereocenters. The van der Waals surface area contributed by atoms with Gasteiger partial charge in [0.25, 0.3) is 0 Å². The lowest BCUT2D eigenvalue weighted by Gasteiger charge is -2.32. The van der Waals surface area contributed by atoms with Crippen LogP contribution in [0.4, 0.5) is 4.39 Å². The predicted molar refractivity (Wildman–Crippen MR) is 140 cm³/mol. The van der Waals surface area contributed by atoms with Crippen molar-refractivity contribution in [2.24, 2.45) is 5.92 Å². The summed E-state index contributed by atoms with van der Waals surface area (Å²) in [7, 11) is 0. The van der Waals surface area contributed by atoms with Crippen molar-refractivity contribution in [3.8, 4) is 11.1 Å². The number of fused-ring (bicyclic) bond motifs is 2. The van der Waals surface area contributed by atoms with Crippen molar-refractivity contribution in [1.82, 2.24) is 24.4 Å². The molecule has 3 aromatic heterocycles. The second-order valence-electron chi connectivity index (χ2n) is 10.5. The lowest BCUT2D eigenvalue weighted by molar-refractivity contribution is 0.0512. The largest absolute Gasteiger partial charge is 0.394 e. The van der Waals surface area contributed by atoms with Gasteiger partial charge in [0.05, 0.1) is 30.1 Å². The summed E-state index contributed by atoms with van der Waals surface area (Å²) < 4.78 is 23.1. The summed E-state index contributed by atoms with van der Waals surface area (Å²) in [6, 6.07) is 7.50. The number of piperidine rings is 1. The normalized spacial score (nSPS) is 19.2. The van der Waals surface area contributed by atoms with Crippen molar-refractivity contribution in [2.45, 2.75) is 44.2 Å². The summed E-state index contributed by atoms with van der Waals surface area (Å²) in [5.74, 6) is 0.602. The highest BCUT2D eigenvalue weighted by molar-refractivity contribution is 5.96. The molecule has 0 amide bonds. The quantitative estimate of drug-likeness (QED) is 0.353. The number of aliphatic hydroxyl groups is 2. The molecule has 37 heavy (non-hydrogen) atoms. The van der Waals surface area contributed by atoms with Crippen LogP contribution in [-0.2, 0) is 11.3 Å². The van der Waals surface area contributed by atoms with Crippen LogP contribution in [0.1, 0.15) is 37.3 Å². The number of halogens is 1. The number of β-amino-alcohol motifs (C(OH)–C–C–N with tert-alkyl or cyclic N) is 1. The first-order valence-electron chi connectivity index (χ1n) is 13.3. The van der Waals surface area contributed by atoms with E-state index >= 15 is 4.39 Å². The Hall–Kier alpha value is -2.85. The van der Waals surface area contributed by atoms with Crippen LogP contribution in [0.3, 0.4) is 0 Å². The number of aromatic amines is 1. The van der Waals surface area contributed by atoms with E-state index in [1.807, 2.05) is 18.5 Å². The number of likely N-dealkylation sites (tertiary alicyclic amines) is 1. The Kier molecular flexibility index (Phi) is 6.94. The molecule has 1 unspecified atom stereocenters. The third-order valence-corrected chi connectivity index (χ3v) is 8.06. The lowest BCUT2D eigenvalue weighted by Crippen LogP contribution is -2.39. The monoisotopic (exact) mass is 507 g/mol. The molecule has 8 nitrogen and oxygen atoms in total. The van der Waals surface area contributed by atoms with Gasteiger partial charge in [-0.1, -0.05) is 0 Å². The number of imidazole rings is 1. The van der Waals surface area contributed by atoms with Crippen molar-refractivity contribution in [3.63, 3.8) is 0 Å². The van der Waals surface area contributed by atoms with E-state index in [0.717, 1.165) is 86.3 Å².